The number of carboxylic acid groups (broad SMARTS) is 1. The molecule has 0 aromatic carbocycles. The lowest BCUT2D eigenvalue weighted by molar-refractivity contribution is -0.150. The van der Waals surface area contributed by atoms with Crippen LogP contribution in [0.3, 0.4) is 0 Å². The highest BCUT2D eigenvalue weighted by Crippen LogP contribution is 2.37. The molecule has 1 N–H and O–H groups in total. The van der Waals surface area contributed by atoms with Crippen molar-refractivity contribution in [2.24, 2.45) is 17.8 Å². The Labute approximate surface area is 121 Å². The Morgan fingerprint density at radius 3 is 2.25 bits per heavy atom. The van der Waals surface area contributed by atoms with E-state index < -0.39 is 11.9 Å². The highest BCUT2D eigenvalue weighted by molar-refractivity contribution is 5.85. The van der Waals surface area contributed by atoms with Crippen LogP contribution in [0.2, 0.25) is 0 Å². The lowest BCUT2D eigenvalue weighted by Crippen LogP contribution is -2.47. The fourth-order valence-electron chi connectivity index (χ4n) is 3.36. The first kappa shape index (κ1) is 17.0. The fraction of sp³-hybridized carbons (Fsp3) is 0.867. The van der Waals surface area contributed by atoms with Crippen LogP contribution < -0.4 is 0 Å². The zero-order valence-electron chi connectivity index (χ0n) is 13.3. The molecule has 1 aliphatic carbocycles. The van der Waals surface area contributed by atoms with E-state index in [4.69, 9.17) is 0 Å². The molecule has 1 saturated carbocycles. The van der Waals surface area contributed by atoms with Crippen LogP contribution in [0.25, 0.3) is 0 Å². The minimum absolute atomic E-state index is 0.0126. The summed E-state index contributed by atoms with van der Waals surface area (Å²) in [5.74, 6) is -1.37. The summed E-state index contributed by atoms with van der Waals surface area (Å²) < 4.78 is 0. The van der Waals surface area contributed by atoms with Crippen molar-refractivity contribution in [3.05, 3.63) is 0 Å². The monoisotopic (exact) mass is 284 g/mol. The van der Waals surface area contributed by atoms with Gasteiger partial charge in [0.25, 0.3) is 0 Å². The van der Waals surface area contributed by atoms with E-state index in [0.29, 0.717) is 25.3 Å². The van der Waals surface area contributed by atoms with Crippen molar-refractivity contribution in [2.45, 2.75) is 39.7 Å². The molecule has 0 heterocycles. The van der Waals surface area contributed by atoms with Gasteiger partial charge in [-0.15, -0.1) is 0 Å². The van der Waals surface area contributed by atoms with Crippen molar-refractivity contribution >= 4 is 11.9 Å². The van der Waals surface area contributed by atoms with E-state index >= 15 is 0 Å². The number of carbonyl (C=O) groups excluding carboxylic acids is 1. The Kier molecular flexibility index (Phi) is 5.99. The molecule has 0 bridgehead atoms. The van der Waals surface area contributed by atoms with Gasteiger partial charge in [-0.3, -0.25) is 9.59 Å². The number of carbonyl (C=O) groups is 2. The molecular formula is C15H28N2O3. The van der Waals surface area contributed by atoms with Crippen molar-refractivity contribution in [1.29, 1.82) is 0 Å². The molecule has 0 aromatic heterocycles. The number of rotatable bonds is 6. The second kappa shape index (κ2) is 7.07. The van der Waals surface area contributed by atoms with E-state index in [0.717, 1.165) is 6.54 Å². The van der Waals surface area contributed by atoms with Gasteiger partial charge in [-0.2, -0.15) is 0 Å². The Bertz CT molecular complexity index is 357. The minimum Gasteiger partial charge on any atom is -0.481 e. The maximum absolute atomic E-state index is 12.7. The topological polar surface area (TPSA) is 60.9 Å². The molecule has 5 heteroatoms. The van der Waals surface area contributed by atoms with Crippen molar-refractivity contribution < 1.29 is 14.7 Å². The van der Waals surface area contributed by atoms with Crippen LogP contribution in [0.1, 0.15) is 33.6 Å². The lowest BCUT2D eigenvalue weighted by atomic mass is 9.94. The molecule has 5 nitrogen and oxygen atoms in total. The smallest absolute Gasteiger partial charge is 0.307 e. The van der Waals surface area contributed by atoms with Crippen molar-refractivity contribution in [1.82, 2.24) is 9.80 Å². The molecule has 116 valence electrons. The molecule has 0 spiro atoms. The summed E-state index contributed by atoms with van der Waals surface area (Å²) in [6.45, 7) is 7.43. The van der Waals surface area contributed by atoms with E-state index in [1.165, 1.54) is 0 Å². The zero-order chi connectivity index (χ0) is 15.4. The van der Waals surface area contributed by atoms with Crippen molar-refractivity contribution in [3.63, 3.8) is 0 Å². The summed E-state index contributed by atoms with van der Waals surface area (Å²) in [6.07, 6.45) is 1.31. The second-order valence-corrected chi connectivity index (χ2v) is 6.36. The van der Waals surface area contributed by atoms with Gasteiger partial charge in [-0.1, -0.05) is 6.92 Å². The summed E-state index contributed by atoms with van der Waals surface area (Å²) in [7, 11) is 3.96. The summed E-state index contributed by atoms with van der Waals surface area (Å²) >= 11 is 0. The third-order valence-corrected chi connectivity index (χ3v) is 4.22. The molecular weight excluding hydrogens is 256 g/mol. The quantitative estimate of drug-likeness (QED) is 0.803. The molecule has 0 radical (unpaired) electrons. The standard InChI is InChI=1S/C15H28N2O3/c1-6-17(11(3)9-16(4)5)14(18)12-7-10(2)8-13(12)15(19)20/h10-13H,6-9H2,1-5H3,(H,19,20). The predicted molar refractivity (Wildman–Crippen MR) is 78.4 cm³/mol. The lowest BCUT2D eigenvalue weighted by Gasteiger charge is -2.33. The van der Waals surface area contributed by atoms with Gasteiger partial charge in [-0.25, -0.2) is 0 Å². The maximum atomic E-state index is 12.7. The maximum Gasteiger partial charge on any atom is 0.307 e. The molecule has 0 saturated heterocycles. The normalized spacial score (nSPS) is 27.6. The average Bonchev–Trinajstić information content (AvgIpc) is 2.71. The first-order valence-corrected chi connectivity index (χ1v) is 7.45. The molecule has 4 atom stereocenters. The van der Waals surface area contributed by atoms with E-state index in [9.17, 15) is 14.7 Å². The van der Waals surface area contributed by atoms with Crippen LogP contribution in [0.5, 0.6) is 0 Å². The van der Waals surface area contributed by atoms with Crippen molar-refractivity contribution in [2.75, 3.05) is 27.2 Å². The second-order valence-electron chi connectivity index (χ2n) is 6.36. The number of nitrogens with zero attached hydrogens (tertiary/aromatic N) is 2. The largest absolute Gasteiger partial charge is 0.481 e. The zero-order valence-corrected chi connectivity index (χ0v) is 13.3. The molecule has 0 aromatic rings. The van der Waals surface area contributed by atoms with Gasteiger partial charge < -0.3 is 14.9 Å². The fourth-order valence-corrected chi connectivity index (χ4v) is 3.36. The number of likely N-dealkylation sites (N-methyl/N-ethyl adjacent to an activating group) is 2. The molecule has 0 aliphatic heterocycles. The van der Waals surface area contributed by atoms with E-state index in [-0.39, 0.29) is 17.9 Å². The van der Waals surface area contributed by atoms with Gasteiger partial charge >= 0.3 is 5.97 Å². The first-order valence-electron chi connectivity index (χ1n) is 7.45. The minimum atomic E-state index is -0.830. The molecule has 1 amide bonds. The molecule has 1 fully saturated rings. The molecule has 20 heavy (non-hydrogen) atoms. The third-order valence-electron chi connectivity index (χ3n) is 4.22. The van der Waals surface area contributed by atoms with Gasteiger partial charge in [0.1, 0.15) is 0 Å². The molecule has 1 aliphatic rings. The first-order chi connectivity index (χ1) is 9.27. The van der Waals surface area contributed by atoms with Crippen LogP contribution in [0.4, 0.5) is 0 Å². The van der Waals surface area contributed by atoms with Crippen LogP contribution >= 0.6 is 0 Å². The van der Waals surface area contributed by atoms with Gasteiger partial charge in [-0.05, 0) is 46.7 Å². The van der Waals surface area contributed by atoms with E-state index in [2.05, 4.69) is 0 Å². The Hall–Kier alpha value is -1.10. The van der Waals surface area contributed by atoms with Crippen LogP contribution in [0.15, 0.2) is 0 Å². The average molecular weight is 284 g/mol. The number of carboxylic acids is 1. The number of hydrogen-bond acceptors (Lipinski definition) is 3. The van der Waals surface area contributed by atoms with Gasteiger partial charge in [0.05, 0.1) is 11.8 Å². The highest BCUT2D eigenvalue weighted by Gasteiger charge is 2.43. The van der Waals surface area contributed by atoms with Crippen molar-refractivity contribution in [3.8, 4) is 0 Å². The van der Waals surface area contributed by atoms with E-state index in [1.807, 2.05) is 44.7 Å². The molecule has 4 unspecified atom stereocenters. The van der Waals surface area contributed by atoms with Crippen LogP contribution in [0, 0.1) is 17.8 Å². The Morgan fingerprint density at radius 1 is 1.25 bits per heavy atom. The number of hydrogen-bond donors (Lipinski definition) is 1. The van der Waals surface area contributed by atoms with Crippen LogP contribution in [-0.2, 0) is 9.59 Å². The SMILES string of the molecule is CCN(C(=O)C1CC(C)CC1C(=O)O)C(C)CN(C)C. The summed E-state index contributed by atoms with van der Waals surface area (Å²) in [5, 5.41) is 9.31. The van der Waals surface area contributed by atoms with Gasteiger partial charge in [0, 0.05) is 19.1 Å². The van der Waals surface area contributed by atoms with Gasteiger partial charge in [0.2, 0.25) is 5.91 Å². The number of aliphatic carboxylic acids is 1. The summed E-state index contributed by atoms with van der Waals surface area (Å²) in [6, 6.07) is 0.104. The van der Waals surface area contributed by atoms with E-state index in [1.54, 1.807) is 0 Å². The van der Waals surface area contributed by atoms with Gasteiger partial charge in [0.15, 0.2) is 0 Å². The summed E-state index contributed by atoms with van der Waals surface area (Å²) in [5.41, 5.74) is 0. The molecule has 1 rings (SSSR count). The number of amides is 1. The Balaban J connectivity index is 2.82. The Morgan fingerprint density at radius 2 is 1.80 bits per heavy atom. The van der Waals surface area contributed by atoms with Crippen LogP contribution in [-0.4, -0.2) is 60.0 Å². The third kappa shape index (κ3) is 3.95. The highest BCUT2D eigenvalue weighted by atomic mass is 16.4. The summed E-state index contributed by atoms with van der Waals surface area (Å²) in [4.78, 5) is 27.9. The predicted octanol–water partition coefficient (Wildman–Crippen LogP) is 1.53.